The number of aromatic nitrogens is 1. The van der Waals surface area contributed by atoms with E-state index >= 15 is 0 Å². The van der Waals surface area contributed by atoms with Crippen molar-refractivity contribution in [2.75, 3.05) is 27.3 Å². The van der Waals surface area contributed by atoms with Crippen LogP contribution in [0.3, 0.4) is 0 Å². The van der Waals surface area contributed by atoms with Crippen molar-refractivity contribution in [2.24, 2.45) is 5.92 Å². The molecule has 32 heavy (non-hydrogen) atoms. The highest BCUT2D eigenvalue weighted by Crippen LogP contribution is 2.33. The first kappa shape index (κ1) is 22.0. The highest BCUT2D eigenvalue weighted by atomic mass is 16.5. The minimum atomic E-state index is 0.0296. The van der Waals surface area contributed by atoms with Gasteiger partial charge in [0.1, 0.15) is 11.5 Å². The Bertz CT molecular complexity index is 1040. The number of benzene rings is 1. The number of hydrogen-bond donors (Lipinski definition) is 1. The highest BCUT2D eigenvalue weighted by molar-refractivity contribution is 5.78. The predicted molar refractivity (Wildman–Crippen MR) is 118 cm³/mol. The first-order valence-electron chi connectivity index (χ1n) is 10.8. The van der Waals surface area contributed by atoms with Crippen LogP contribution < -0.4 is 14.8 Å². The number of methoxy groups -OCH3 is 2. The van der Waals surface area contributed by atoms with E-state index in [9.17, 15) is 4.79 Å². The minimum absolute atomic E-state index is 0.0296. The Hall–Kier alpha value is -3.26. The lowest BCUT2D eigenvalue weighted by Crippen LogP contribution is -2.40. The number of amides is 1. The Morgan fingerprint density at radius 2 is 1.97 bits per heavy atom. The molecule has 0 bridgehead atoms. The molecule has 0 unspecified atom stereocenters. The second-order valence-corrected chi connectivity index (χ2v) is 7.94. The van der Waals surface area contributed by atoms with Crippen molar-refractivity contribution < 1.29 is 23.1 Å². The zero-order valence-electron chi connectivity index (χ0n) is 18.7. The lowest BCUT2D eigenvalue weighted by Gasteiger charge is -2.30. The number of piperidine rings is 1. The number of aryl methyl sites for hydroxylation is 1. The largest absolute Gasteiger partial charge is 0.493 e. The summed E-state index contributed by atoms with van der Waals surface area (Å²) in [6.07, 6.45) is 3.26. The van der Waals surface area contributed by atoms with Gasteiger partial charge in [0.25, 0.3) is 0 Å². The molecule has 3 heterocycles. The van der Waals surface area contributed by atoms with Crippen LogP contribution in [-0.4, -0.2) is 43.1 Å². The zero-order valence-corrected chi connectivity index (χ0v) is 18.7. The summed E-state index contributed by atoms with van der Waals surface area (Å²) in [5.74, 6) is 3.54. The monoisotopic (exact) mass is 439 g/mol. The molecule has 2 aromatic heterocycles. The van der Waals surface area contributed by atoms with Crippen LogP contribution in [0.25, 0.3) is 11.5 Å². The minimum Gasteiger partial charge on any atom is -0.493 e. The van der Waals surface area contributed by atoms with Crippen molar-refractivity contribution in [1.29, 1.82) is 0 Å². The van der Waals surface area contributed by atoms with Crippen LogP contribution in [0.15, 0.2) is 45.4 Å². The fourth-order valence-corrected chi connectivity index (χ4v) is 3.96. The number of carbonyl (C=O) groups excluding carboxylic acids is 1. The second kappa shape index (κ2) is 9.91. The summed E-state index contributed by atoms with van der Waals surface area (Å²) >= 11 is 0. The van der Waals surface area contributed by atoms with Gasteiger partial charge in [-0.15, -0.1) is 0 Å². The van der Waals surface area contributed by atoms with E-state index in [4.69, 9.17) is 23.3 Å². The molecule has 1 fully saturated rings. The van der Waals surface area contributed by atoms with Gasteiger partial charge in [0.2, 0.25) is 11.8 Å². The number of nitrogens with one attached hydrogen (secondary N) is 1. The first-order valence-corrected chi connectivity index (χ1v) is 10.8. The van der Waals surface area contributed by atoms with E-state index in [2.05, 4.69) is 10.2 Å². The predicted octanol–water partition coefficient (Wildman–Crippen LogP) is 3.79. The molecule has 8 heteroatoms. The van der Waals surface area contributed by atoms with Crippen molar-refractivity contribution >= 4 is 5.91 Å². The molecule has 0 aliphatic carbocycles. The third-order valence-corrected chi connectivity index (χ3v) is 5.87. The van der Waals surface area contributed by atoms with Crippen molar-refractivity contribution in [3.63, 3.8) is 0 Å². The van der Waals surface area contributed by atoms with Crippen LogP contribution in [0.4, 0.5) is 0 Å². The normalized spacial score (nSPS) is 15.0. The van der Waals surface area contributed by atoms with E-state index in [0.29, 0.717) is 30.5 Å². The number of rotatable bonds is 8. The first-order chi connectivity index (χ1) is 15.6. The Labute approximate surface area is 187 Å². The fraction of sp³-hybridized carbons (Fsp3) is 0.417. The third-order valence-electron chi connectivity index (χ3n) is 5.87. The van der Waals surface area contributed by atoms with Gasteiger partial charge in [-0.25, -0.2) is 4.98 Å². The molecule has 1 amide bonds. The second-order valence-electron chi connectivity index (χ2n) is 7.94. The van der Waals surface area contributed by atoms with E-state index in [1.54, 1.807) is 20.5 Å². The number of furan rings is 1. The number of oxazole rings is 1. The molecule has 170 valence electrons. The van der Waals surface area contributed by atoms with Gasteiger partial charge in [0, 0.05) is 18.0 Å². The molecule has 8 nitrogen and oxygen atoms in total. The number of likely N-dealkylation sites (tertiary alicyclic amines) is 1. The molecular formula is C24H29N3O5. The molecule has 0 atom stereocenters. The van der Waals surface area contributed by atoms with Crippen LogP contribution in [0.1, 0.15) is 30.1 Å². The van der Waals surface area contributed by atoms with Gasteiger partial charge in [-0.05, 0) is 63.2 Å². The quantitative estimate of drug-likeness (QED) is 0.571. The fourth-order valence-electron chi connectivity index (χ4n) is 3.96. The molecule has 1 N–H and O–H groups in total. The Morgan fingerprint density at radius 1 is 1.19 bits per heavy atom. The van der Waals surface area contributed by atoms with Crippen molar-refractivity contribution in [3.05, 3.63) is 53.8 Å². The number of hydrogen-bond acceptors (Lipinski definition) is 7. The maximum absolute atomic E-state index is 12.5. The van der Waals surface area contributed by atoms with Gasteiger partial charge >= 0.3 is 0 Å². The van der Waals surface area contributed by atoms with Crippen molar-refractivity contribution in [1.82, 2.24) is 15.2 Å². The number of carbonyl (C=O) groups is 1. The Balaban J connectivity index is 1.33. The summed E-state index contributed by atoms with van der Waals surface area (Å²) in [4.78, 5) is 19.5. The van der Waals surface area contributed by atoms with Gasteiger partial charge in [-0.1, -0.05) is 0 Å². The summed E-state index contributed by atoms with van der Waals surface area (Å²) in [7, 11) is 3.21. The molecule has 0 saturated carbocycles. The summed E-state index contributed by atoms with van der Waals surface area (Å²) in [5.41, 5.74) is 1.75. The smallest absolute Gasteiger partial charge is 0.226 e. The zero-order chi connectivity index (χ0) is 22.5. The Morgan fingerprint density at radius 3 is 2.66 bits per heavy atom. The molecule has 3 aromatic rings. The lowest BCUT2D eigenvalue weighted by atomic mass is 9.95. The SMILES string of the molecule is COc1ccc(-c2nc(CN3CCC(C(=O)NCc4ccco4)CC3)c(C)o2)cc1OC. The summed E-state index contributed by atoms with van der Waals surface area (Å²) in [5, 5.41) is 2.97. The van der Waals surface area contributed by atoms with E-state index in [-0.39, 0.29) is 11.8 Å². The van der Waals surface area contributed by atoms with Crippen LogP contribution in [0.2, 0.25) is 0 Å². The van der Waals surface area contributed by atoms with Crippen LogP contribution >= 0.6 is 0 Å². The topological polar surface area (TPSA) is 90.0 Å². The maximum Gasteiger partial charge on any atom is 0.226 e. The van der Waals surface area contributed by atoms with E-state index in [1.807, 2.05) is 37.3 Å². The highest BCUT2D eigenvalue weighted by Gasteiger charge is 2.26. The average molecular weight is 440 g/mol. The van der Waals surface area contributed by atoms with E-state index < -0.39 is 0 Å². The van der Waals surface area contributed by atoms with Crippen LogP contribution in [0.5, 0.6) is 11.5 Å². The van der Waals surface area contributed by atoms with Gasteiger partial charge in [-0.2, -0.15) is 0 Å². The molecule has 1 aromatic carbocycles. The van der Waals surface area contributed by atoms with Gasteiger partial charge in [0.05, 0.1) is 32.7 Å². The molecule has 0 radical (unpaired) electrons. The maximum atomic E-state index is 12.5. The Kier molecular flexibility index (Phi) is 6.80. The van der Waals surface area contributed by atoms with Gasteiger partial charge in [-0.3, -0.25) is 9.69 Å². The molecular weight excluding hydrogens is 410 g/mol. The molecule has 4 rings (SSSR count). The lowest BCUT2D eigenvalue weighted by molar-refractivity contribution is -0.126. The summed E-state index contributed by atoms with van der Waals surface area (Å²) in [6.45, 7) is 4.75. The summed E-state index contributed by atoms with van der Waals surface area (Å²) in [6, 6.07) is 9.29. The third kappa shape index (κ3) is 4.96. The molecule has 0 spiro atoms. The summed E-state index contributed by atoms with van der Waals surface area (Å²) < 4.78 is 21.9. The average Bonchev–Trinajstić information content (AvgIpc) is 3.47. The standard InChI is InChI=1S/C24H29N3O5/c1-16-20(26-24(32-16)18-6-7-21(29-2)22(13-18)30-3)15-27-10-8-17(9-11-27)23(28)25-14-19-5-4-12-31-19/h4-7,12-13,17H,8-11,14-15H2,1-3H3,(H,25,28). The van der Waals surface area contributed by atoms with Crippen LogP contribution in [0, 0.1) is 12.8 Å². The molecule has 1 aliphatic heterocycles. The van der Waals surface area contributed by atoms with E-state index in [1.165, 1.54) is 0 Å². The van der Waals surface area contributed by atoms with Gasteiger partial charge in [0.15, 0.2) is 11.5 Å². The van der Waals surface area contributed by atoms with Crippen LogP contribution in [-0.2, 0) is 17.9 Å². The molecule has 1 aliphatic rings. The number of ether oxygens (including phenoxy) is 2. The van der Waals surface area contributed by atoms with E-state index in [0.717, 1.165) is 48.7 Å². The number of nitrogens with zero attached hydrogens (tertiary/aromatic N) is 2. The molecule has 1 saturated heterocycles. The van der Waals surface area contributed by atoms with Crippen molar-refractivity contribution in [2.45, 2.75) is 32.9 Å². The van der Waals surface area contributed by atoms with Crippen molar-refractivity contribution in [3.8, 4) is 23.0 Å². The van der Waals surface area contributed by atoms with Gasteiger partial charge < -0.3 is 23.6 Å².